The van der Waals surface area contributed by atoms with E-state index in [4.69, 9.17) is 4.52 Å². The Labute approximate surface area is 120 Å². The minimum absolute atomic E-state index is 0.0295. The Hall–Kier alpha value is -2.41. The molecule has 1 saturated carbocycles. The van der Waals surface area contributed by atoms with Crippen molar-refractivity contribution in [1.29, 1.82) is 0 Å². The molecule has 1 aliphatic rings. The van der Waals surface area contributed by atoms with Crippen LogP contribution in [-0.4, -0.2) is 27.7 Å². The highest BCUT2D eigenvalue weighted by Gasteiger charge is 2.28. The lowest BCUT2D eigenvalue weighted by Gasteiger charge is -2.10. The molecular formula is C14H15N3O4. The van der Waals surface area contributed by atoms with Gasteiger partial charge in [0.2, 0.25) is 11.3 Å². The van der Waals surface area contributed by atoms with E-state index in [2.05, 4.69) is 15.5 Å². The summed E-state index contributed by atoms with van der Waals surface area (Å²) in [6.45, 7) is -0.0295. The van der Waals surface area contributed by atoms with Crippen molar-refractivity contribution >= 4 is 5.91 Å². The number of rotatable bonds is 5. The highest BCUT2D eigenvalue weighted by Crippen LogP contribution is 2.39. The Morgan fingerprint density at radius 2 is 2.33 bits per heavy atom. The van der Waals surface area contributed by atoms with Crippen LogP contribution < -0.4 is 10.9 Å². The average molecular weight is 289 g/mol. The molecule has 0 spiro atoms. The molecule has 3 N–H and O–H groups in total. The zero-order chi connectivity index (χ0) is 14.8. The Bertz CT molecular complexity index is 702. The minimum atomic E-state index is -0.992. The summed E-state index contributed by atoms with van der Waals surface area (Å²) < 4.78 is 4.98. The topological polar surface area (TPSA) is 108 Å². The van der Waals surface area contributed by atoms with Crippen LogP contribution in [0.25, 0.3) is 0 Å². The van der Waals surface area contributed by atoms with Gasteiger partial charge in [-0.3, -0.25) is 9.59 Å². The summed E-state index contributed by atoms with van der Waals surface area (Å²) in [5.74, 6) is 0.104. The molecule has 0 aliphatic heterocycles. The third kappa shape index (κ3) is 3.19. The molecule has 1 fully saturated rings. The van der Waals surface area contributed by atoms with Gasteiger partial charge < -0.3 is 19.9 Å². The quantitative estimate of drug-likeness (QED) is 0.751. The first-order chi connectivity index (χ1) is 10.1. The molecule has 0 aromatic carbocycles. The number of aliphatic hydroxyl groups is 1. The number of carbonyl (C=O) groups is 1. The van der Waals surface area contributed by atoms with Gasteiger partial charge in [-0.2, -0.15) is 0 Å². The fraction of sp³-hybridized carbons (Fsp3) is 0.357. The third-order valence-corrected chi connectivity index (χ3v) is 3.35. The van der Waals surface area contributed by atoms with Gasteiger partial charge in [0.1, 0.15) is 6.10 Å². The van der Waals surface area contributed by atoms with Gasteiger partial charge >= 0.3 is 0 Å². The maximum Gasteiger partial charge on any atom is 0.290 e. The highest BCUT2D eigenvalue weighted by molar-refractivity contribution is 5.91. The summed E-state index contributed by atoms with van der Waals surface area (Å²) in [7, 11) is 0. The number of aromatic nitrogens is 2. The molecule has 0 saturated heterocycles. The minimum Gasteiger partial charge on any atom is -0.385 e. The number of pyridine rings is 1. The van der Waals surface area contributed by atoms with Crippen LogP contribution in [0.3, 0.4) is 0 Å². The van der Waals surface area contributed by atoms with Gasteiger partial charge in [0.05, 0.1) is 5.69 Å². The van der Waals surface area contributed by atoms with Gasteiger partial charge in [0.25, 0.3) is 5.91 Å². The van der Waals surface area contributed by atoms with Crippen molar-refractivity contribution in [3.8, 4) is 0 Å². The third-order valence-electron chi connectivity index (χ3n) is 3.35. The number of aliphatic hydroxyl groups excluding tert-OH is 1. The van der Waals surface area contributed by atoms with Crippen molar-refractivity contribution in [2.75, 3.05) is 6.54 Å². The summed E-state index contributed by atoms with van der Waals surface area (Å²) in [5, 5.41) is 16.3. The molecule has 2 heterocycles. The summed E-state index contributed by atoms with van der Waals surface area (Å²) in [5.41, 5.74) is 0.842. The summed E-state index contributed by atoms with van der Waals surface area (Å²) in [6.07, 6.45) is 1.16. The second-order valence-electron chi connectivity index (χ2n) is 5.09. The monoisotopic (exact) mass is 289 g/mol. The Morgan fingerprint density at radius 1 is 1.52 bits per heavy atom. The molecule has 7 heteroatoms. The van der Waals surface area contributed by atoms with E-state index >= 15 is 0 Å². The van der Waals surface area contributed by atoms with E-state index in [-0.39, 0.29) is 17.9 Å². The van der Waals surface area contributed by atoms with Crippen molar-refractivity contribution in [2.24, 2.45) is 0 Å². The van der Waals surface area contributed by atoms with Crippen LogP contribution in [0, 0.1) is 0 Å². The summed E-state index contributed by atoms with van der Waals surface area (Å²) in [6, 6.07) is 6.10. The van der Waals surface area contributed by atoms with Crippen LogP contribution in [0.15, 0.2) is 33.6 Å². The molecule has 110 valence electrons. The average Bonchev–Trinajstić information content (AvgIpc) is 3.22. The van der Waals surface area contributed by atoms with E-state index in [0.29, 0.717) is 11.6 Å². The molecule has 1 atom stereocenters. The standard InChI is InChI=1S/C14H15N3O4/c18-11(9-2-1-3-13(19)16-9)7-15-14(20)12-6-10(17-21-12)8-4-5-8/h1-3,6,8,11,18H,4-5,7H2,(H,15,20)(H,16,19). The van der Waals surface area contributed by atoms with Crippen molar-refractivity contribution in [3.05, 3.63) is 51.8 Å². The van der Waals surface area contributed by atoms with Gasteiger partial charge in [-0.25, -0.2) is 0 Å². The second-order valence-corrected chi connectivity index (χ2v) is 5.09. The lowest BCUT2D eigenvalue weighted by atomic mass is 10.2. The first-order valence-corrected chi connectivity index (χ1v) is 6.75. The lowest BCUT2D eigenvalue weighted by Crippen LogP contribution is -2.29. The van der Waals surface area contributed by atoms with E-state index in [9.17, 15) is 14.7 Å². The van der Waals surface area contributed by atoms with E-state index in [1.165, 1.54) is 12.1 Å². The van der Waals surface area contributed by atoms with Crippen molar-refractivity contribution < 1.29 is 14.4 Å². The number of amides is 1. The number of hydrogen-bond acceptors (Lipinski definition) is 5. The molecule has 3 rings (SSSR count). The van der Waals surface area contributed by atoms with E-state index in [0.717, 1.165) is 18.5 Å². The Kier molecular flexibility index (Phi) is 3.57. The smallest absolute Gasteiger partial charge is 0.290 e. The molecule has 2 aromatic rings. The van der Waals surface area contributed by atoms with E-state index in [1.807, 2.05) is 0 Å². The fourth-order valence-corrected chi connectivity index (χ4v) is 2.01. The Morgan fingerprint density at radius 3 is 3.05 bits per heavy atom. The van der Waals surface area contributed by atoms with Crippen molar-refractivity contribution in [3.63, 3.8) is 0 Å². The zero-order valence-electron chi connectivity index (χ0n) is 11.2. The molecule has 2 aromatic heterocycles. The second kappa shape index (κ2) is 5.53. The van der Waals surface area contributed by atoms with Crippen molar-refractivity contribution in [2.45, 2.75) is 24.9 Å². The molecule has 0 radical (unpaired) electrons. The molecule has 0 bridgehead atoms. The lowest BCUT2D eigenvalue weighted by molar-refractivity contribution is 0.0877. The van der Waals surface area contributed by atoms with Gasteiger partial charge in [-0.1, -0.05) is 11.2 Å². The number of nitrogens with one attached hydrogen (secondary N) is 2. The maximum atomic E-state index is 11.9. The maximum absolute atomic E-state index is 11.9. The largest absolute Gasteiger partial charge is 0.385 e. The first kappa shape index (κ1) is 13.6. The van der Waals surface area contributed by atoms with Crippen LogP contribution in [0.4, 0.5) is 0 Å². The fourth-order valence-electron chi connectivity index (χ4n) is 2.01. The van der Waals surface area contributed by atoms with Gasteiger partial charge in [-0.05, 0) is 18.9 Å². The van der Waals surface area contributed by atoms with Crippen LogP contribution in [0.5, 0.6) is 0 Å². The number of H-pyrrole nitrogens is 1. The van der Waals surface area contributed by atoms with Crippen molar-refractivity contribution in [1.82, 2.24) is 15.5 Å². The van der Waals surface area contributed by atoms with Crippen LogP contribution in [-0.2, 0) is 0 Å². The normalized spacial score (nSPS) is 15.7. The molecular weight excluding hydrogens is 274 g/mol. The SMILES string of the molecule is O=C(NCC(O)c1cccc(=O)[nH]1)c1cc(C2CC2)no1. The van der Waals surface area contributed by atoms with E-state index < -0.39 is 12.0 Å². The summed E-state index contributed by atoms with van der Waals surface area (Å²) in [4.78, 5) is 25.5. The highest BCUT2D eigenvalue weighted by atomic mass is 16.5. The zero-order valence-corrected chi connectivity index (χ0v) is 11.2. The van der Waals surface area contributed by atoms with Crippen LogP contribution in [0.2, 0.25) is 0 Å². The molecule has 1 aliphatic carbocycles. The number of carbonyl (C=O) groups excluding carboxylic acids is 1. The number of nitrogens with zero attached hydrogens (tertiary/aromatic N) is 1. The first-order valence-electron chi connectivity index (χ1n) is 6.75. The number of hydrogen-bond donors (Lipinski definition) is 3. The summed E-state index contributed by atoms with van der Waals surface area (Å²) >= 11 is 0. The van der Waals surface area contributed by atoms with Gasteiger partial charge in [0, 0.05) is 30.3 Å². The van der Waals surface area contributed by atoms with Gasteiger partial charge in [-0.15, -0.1) is 0 Å². The molecule has 7 nitrogen and oxygen atoms in total. The predicted octanol–water partition coefficient (Wildman–Crippen LogP) is 0.704. The van der Waals surface area contributed by atoms with E-state index in [1.54, 1.807) is 12.1 Å². The molecule has 21 heavy (non-hydrogen) atoms. The molecule has 1 amide bonds. The molecule has 1 unspecified atom stereocenters. The van der Waals surface area contributed by atoms with Crippen LogP contribution >= 0.6 is 0 Å². The predicted molar refractivity (Wildman–Crippen MR) is 72.8 cm³/mol. The number of aromatic amines is 1. The van der Waals surface area contributed by atoms with Crippen LogP contribution in [0.1, 0.15) is 46.8 Å². The van der Waals surface area contributed by atoms with Gasteiger partial charge in [0.15, 0.2) is 0 Å². The Balaban J connectivity index is 1.58.